The molecule has 1 aromatic carbocycles. The standard InChI is InChI=1S/C18H18FN3O3S2.2Na/c19-13-7-11-14(8-15(13)20-3-5-21(6-4-20)18(26)27)22(10-1-2-10)9-12(16(11)23)17(24)25;;/h7-10H,1-6H2,(H,24,25)(H,26,27);;/q;2*+1/p-2. The first kappa shape index (κ1) is 25.0. The zero-order valence-electron chi connectivity index (χ0n) is 16.3. The van der Waals surface area contributed by atoms with Gasteiger partial charge in [0.25, 0.3) is 0 Å². The van der Waals surface area contributed by atoms with Gasteiger partial charge < -0.3 is 49.1 Å². The van der Waals surface area contributed by atoms with Gasteiger partial charge in [-0.25, -0.2) is 4.39 Å². The van der Waals surface area contributed by atoms with Gasteiger partial charge in [-0.3, -0.25) is 4.79 Å². The molecule has 1 aliphatic heterocycles. The summed E-state index contributed by atoms with van der Waals surface area (Å²) in [5, 5.41) is 11.4. The van der Waals surface area contributed by atoms with Crippen LogP contribution in [0.2, 0.25) is 0 Å². The normalized spacial score (nSPS) is 16.2. The van der Waals surface area contributed by atoms with Crippen molar-refractivity contribution in [3.8, 4) is 0 Å². The van der Waals surface area contributed by atoms with E-state index in [0.29, 0.717) is 41.7 Å². The van der Waals surface area contributed by atoms with Crippen molar-refractivity contribution in [1.29, 1.82) is 0 Å². The number of carbonyl (C=O) groups is 1. The van der Waals surface area contributed by atoms with Crippen molar-refractivity contribution >= 4 is 51.7 Å². The Balaban J connectivity index is 0.00000150. The molecule has 0 radical (unpaired) electrons. The SMILES string of the molecule is O=C([O-])c1cn(C2CC2)c2cc(N3CCN(C(=S)[S-])CC3)c(F)cc2c1=O.[Na+].[Na+]. The van der Waals surface area contributed by atoms with Crippen LogP contribution < -0.4 is 74.5 Å². The van der Waals surface area contributed by atoms with E-state index in [2.05, 4.69) is 0 Å². The summed E-state index contributed by atoms with van der Waals surface area (Å²) in [6, 6.07) is 2.91. The summed E-state index contributed by atoms with van der Waals surface area (Å²) < 4.78 is 17.0. The maximum absolute atomic E-state index is 14.8. The number of hydrogen-bond acceptors (Lipinski definition) is 6. The summed E-state index contributed by atoms with van der Waals surface area (Å²) >= 11 is 10.0. The Kier molecular flexibility index (Phi) is 8.54. The number of nitrogens with zero attached hydrogens (tertiary/aromatic N) is 3. The van der Waals surface area contributed by atoms with Gasteiger partial charge >= 0.3 is 59.1 Å². The van der Waals surface area contributed by atoms with Crippen LogP contribution in [0.25, 0.3) is 10.9 Å². The largest absolute Gasteiger partial charge is 1.00 e. The molecule has 2 heterocycles. The Morgan fingerprint density at radius 2 is 1.79 bits per heavy atom. The fraction of sp³-hybridized carbons (Fsp3) is 0.389. The molecule has 1 aliphatic carbocycles. The summed E-state index contributed by atoms with van der Waals surface area (Å²) in [6.07, 6.45) is 3.12. The number of carboxylic acids is 1. The third kappa shape index (κ3) is 4.98. The molecule has 6 nitrogen and oxygen atoms in total. The van der Waals surface area contributed by atoms with Crippen molar-refractivity contribution in [3.05, 3.63) is 39.9 Å². The second kappa shape index (κ2) is 9.91. The second-order valence-electron chi connectivity index (χ2n) is 6.86. The van der Waals surface area contributed by atoms with Gasteiger partial charge in [0.15, 0.2) is 5.43 Å². The smallest absolute Gasteiger partial charge is 0.545 e. The van der Waals surface area contributed by atoms with Crippen LogP contribution in [0.15, 0.2) is 23.1 Å². The molecule has 142 valence electrons. The van der Waals surface area contributed by atoms with Crippen LogP contribution in [0.4, 0.5) is 10.1 Å². The van der Waals surface area contributed by atoms with Crippen LogP contribution in [0.5, 0.6) is 0 Å². The third-order valence-corrected chi connectivity index (χ3v) is 5.66. The number of carbonyl (C=O) groups excluding carboxylic acids is 1. The summed E-state index contributed by atoms with van der Waals surface area (Å²) in [5.74, 6) is -2.09. The average molecular weight is 451 g/mol. The molecule has 2 fully saturated rings. The summed E-state index contributed by atoms with van der Waals surface area (Å²) in [6.45, 7) is 2.34. The van der Waals surface area contributed by atoms with Crippen molar-refractivity contribution in [2.75, 3.05) is 31.1 Å². The van der Waals surface area contributed by atoms with Gasteiger partial charge in [-0.1, -0.05) is 4.32 Å². The van der Waals surface area contributed by atoms with Crippen molar-refractivity contribution in [3.63, 3.8) is 0 Å². The molecule has 0 unspecified atom stereocenters. The second-order valence-corrected chi connectivity index (χ2v) is 7.89. The van der Waals surface area contributed by atoms with E-state index in [-0.39, 0.29) is 70.5 Å². The quantitative estimate of drug-likeness (QED) is 0.263. The molecule has 11 heteroatoms. The number of aromatic nitrogens is 1. The first-order valence-electron chi connectivity index (χ1n) is 8.67. The maximum Gasteiger partial charge on any atom is 1.00 e. The summed E-state index contributed by atoms with van der Waals surface area (Å²) in [5.41, 5.74) is -0.208. The minimum Gasteiger partial charge on any atom is -0.545 e. The van der Waals surface area contributed by atoms with E-state index in [1.54, 1.807) is 10.6 Å². The number of halogens is 1. The third-order valence-electron chi connectivity index (χ3n) is 5.14. The number of thiocarbonyl (C=S) groups is 1. The number of fused-ring (bicyclic) bond motifs is 1. The van der Waals surface area contributed by atoms with E-state index >= 15 is 0 Å². The van der Waals surface area contributed by atoms with Crippen LogP contribution >= 0.6 is 12.2 Å². The molecule has 2 aromatic rings. The van der Waals surface area contributed by atoms with E-state index < -0.39 is 22.8 Å². The van der Waals surface area contributed by atoms with Gasteiger partial charge in [0.1, 0.15) is 5.82 Å². The van der Waals surface area contributed by atoms with Gasteiger partial charge in [-0.05, 0) is 25.0 Å². The van der Waals surface area contributed by atoms with Gasteiger partial charge in [0, 0.05) is 43.8 Å². The predicted octanol–water partition coefficient (Wildman–Crippen LogP) is -5.20. The number of anilines is 1. The molecule has 0 atom stereocenters. The minimum absolute atomic E-state index is 0. The number of piperazine rings is 1. The Labute approximate surface area is 222 Å². The molecular formula is C18H16FN3Na2O3S2. The topological polar surface area (TPSA) is 68.6 Å². The predicted molar refractivity (Wildman–Crippen MR) is 105 cm³/mol. The van der Waals surface area contributed by atoms with Crippen LogP contribution in [-0.2, 0) is 12.6 Å². The van der Waals surface area contributed by atoms with E-state index in [1.807, 2.05) is 9.80 Å². The molecule has 1 saturated heterocycles. The molecule has 0 amide bonds. The van der Waals surface area contributed by atoms with Crippen molar-refractivity contribution < 1.29 is 73.4 Å². The van der Waals surface area contributed by atoms with E-state index in [0.717, 1.165) is 18.9 Å². The number of benzene rings is 1. The fourth-order valence-corrected chi connectivity index (χ4v) is 3.90. The van der Waals surface area contributed by atoms with Gasteiger partial charge in [0.05, 0.1) is 22.7 Å². The monoisotopic (exact) mass is 451 g/mol. The Morgan fingerprint density at radius 3 is 2.31 bits per heavy atom. The van der Waals surface area contributed by atoms with Crippen molar-refractivity contribution in [2.45, 2.75) is 18.9 Å². The number of aromatic carboxylic acids is 1. The molecular weight excluding hydrogens is 435 g/mol. The van der Waals surface area contributed by atoms with E-state index in [4.69, 9.17) is 24.8 Å². The van der Waals surface area contributed by atoms with Gasteiger partial charge in [-0.2, -0.15) is 0 Å². The van der Waals surface area contributed by atoms with Crippen LogP contribution in [0, 0.1) is 5.82 Å². The molecule has 0 bridgehead atoms. The Morgan fingerprint density at radius 1 is 1.17 bits per heavy atom. The average Bonchev–Trinajstić information content (AvgIpc) is 3.47. The number of rotatable bonds is 3. The molecule has 0 N–H and O–H groups in total. The van der Waals surface area contributed by atoms with Gasteiger partial charge in [0.2, 0.25) is 0 Å². The van der Waals surface area contributed by atoms with Crippen molar-refractivity contribution in [1.82, 2.24) is 9.47 Å². The molecule has 1 aromatic heterocycles. The zero-order chi connectivity index (χ0) is 19.3. The first-order chi connectivity index (χ1) is 12.9. The molecule has 0 spiro atoms. The van der Waals surface area contributed by atoms with Crippen LogP contribution in [0.3, 0.4) is 0 Å². The Hall–Kier alpha value is -0.260. The van der Waals surface area contributed by atoms with Gasteiger partial charge in [-0.15, -0.1) is 0 Å². The molecule has 29 heavy (non-hydrogen) atoms. The molecule has 2 aliphatic rings. The first-order valence-corrected chi connectivity index (χ1v) is 9.49. The number of hydrogen-bond donors (Lipinski definition) is 0. The van der Waals surface area contributed by atoms with Crippen LogP contribution in [0.1, 0.15) is 29.2 Å². The minimum atomic E-state index is -1.54. The number of pyridine rings is 1. The van der Waals surface area contributed by atoms with E-state index in [9.17, 15) is 19.1 Å². The fourth-order valence-electron chi connectivity index (χ4n) is 3.53. The van der Waals surface area contributed by atoms with E-state index in [1.165, 1.54) is 6.20 Å². The van der Waals surface area contributed by atoms with Crippen LogP contribution in [-0.4, -0.2) is 45.9 Å². The zero-order valence-corrected chi connectivity index (χ0v) is 21.9. The maximum atomic E-state index is 14.8. The summed E-state index contributed by atoms with van der Waals surface area (Å²) in [7, 11) is 0. The molecule has 4 rings (SSSR count). The summed E-state index contributed by atoms with van der Waals surface area (Å²) in [4.78, 5) is 27.6. The Bertz CT molecular complexity index is 1020. The number of carboxylic acid groups (broad SMARTS) is 1. The molecule has 1 saturated carbocycles. The van der Waals surface area contributed by atoms with Crippen molar-refractivity contribution in [2.24, 2.45) is 0 Å².